The number of halogens is 1. The van der Waals surface area contributed by atoms with Gasteiger partial charge >= 0.3 is 7.12 Å². The van der Waals surface area contributed by atoms with Gasteiger partial charge in [-0.3, -0.25) is 9.59 Å². The molecule has 2 amide bonds. The lowest BCUT2D eigenvalue weighted by Gasteiger charge is -2.32. The maximum absolute atomic E-state index is 12.9. The average Bonchev–Trinajstić information content (AvgIpc) is 2.99. The van der Waals surface area contributed by atoms with E-state index < -0.39 is 30.3 Å². The zero-order valence-corrected chi connectivity index (χ0v) is 20.9. The molecule has 1 aromatic rings. The molecule has 0 unspecified atom stereocenters. The topological polar surface area (TPSA) is 103 Å². The zero-order valence-electron chi connectivity index (χ0n) is 20.0. The van der Waals surface area contributed by atoms with E-state index in [4.69, 9.17) is 19.8 Å². The molecule has 0 saturated carbocycles. The molecule has 3 rings (SSSR count). The molecular weight excluding hydrogens is 445 g/mol. The number of nitrogens with zero attached hydrogens (tertiary/aromatic N) is 1. The molecule has 2 fully saturated rings. The summed E-state index contributed by atoms with van der Waals surface area (Å²) in [6.45, 7) is 10.0. The number of carbonyl (C=O) groups excluding carboxylic acids is 2. The summed E-state index contributed by atoms with van der Waals surface area (Å²) in [7, 11) is -0.602. The second kappa shape index (κ2) is 11.7. The molecule has 2 heterocycles. The molecule has 33 heavy (non-hydrogen) atoms. The van der Waals surface area contributed by atoms with Crippen molar-refractivity contribution in [2.24, 2.45) is 5.73 Å². The van der Waals surface area contributed by atoms with E-state index in [1.54, 1.807) is 4.90 Å². The summed E-state index contributed by atoms with van der Waals surface area (Å²) in [5.41, 5.74) is 6.25. The molecule has 0 bridgehead atoms. The van der Waals surface area contributed by atoms with Gasteiger partial charge in [0, 0.05) is 13.1 Å². The van der Waals surface area contributed by atoms with E-state index in [0.717, 1.165) is 12.0 Å². The average molecular weight is 482 g/mol. The Morgan fingerprint density at radius 1 is 1.09 bits per heavy atom. The number of morpholine rings is 1. The third kappa shape index (κ3) is 7.17. The van der Waals surface area contributed by atoms with E-state index in [2.05, 4.69) is 17.4 Å². The van der Waals surface area contributed by atoms with Crippen LogP contribution in [0.1, 0.15) is 46.1 Å². The lowest BCUT2D eigenvalue weighted by atomic mass is 9.75. The first-order valence-electron chi connectivity index (χ1n) is 11.4. The number of rotatable bonds is 8. The van der Waals surface area contributed by atoms with E-state index in [1.165, 1.54) is 0 Å². The largest absolute Gasteiger partial charge is 0.481 e. The monoisotopic (exact) mass is 481 g/mol. The molecule has 0 aliphatic carbocycles. The van der Waals surface area contributed by atoms with Gasteiger partial charge in [0.25, 0.3) is 0 Å². The SMILES string of the molecule is CC1(C)OB([C@H](CCc2ccccc2)NC(=O)[C@H](N)CC(=O)N2CCOCC2)OC1(C)C.Cl. The van der Waals surface area contributed by atoms with Crippen LogP contribution in [0.3, 0.4) is 0 Å². The van der Waals surface area contributed by atoms with Gasteiger partial charge in [-0.05, 0) is 46.1 Å². The van der Waals surface area contributed by atoms with E-state index in [1.807, 2.05) is 45.9 Å². The highest BCUT2D eigenvalue weighted by Gasteiger charge is 2.54. The number of nitrogens with two attached hydrogens (primary N) is 1. The summed E-state index contributed by atoms with van der Waals surface area (Å²) in [6, 6.07) is 9.12. The molecule has 8 nitrogen and oxygen atoms in total. The fourth-order valence-electron chi connectivity index (χ4n) is 3.81. The quantitative estimate of drug-likeness (QED) is 0.548. The highest BCUT2D eigenvalue weighted by molar-refractivity contribution is 6.48. The molecule has 2 atom stereocenters. The van der Waals surface area contributed by atoms with Gasteiger partial charge in [0.15, 0.2) is 0 Å². The second-order valence-electron chi connectivity index (χ2n) is 9.57. The van der Waals surface area contributed by atoms with Crippen molar-refractivity contribution in [1.29, 1.82) is 0 Å². The Morgan fingerprint density at radius 2 is 1.67 bits per heavy atom. The molecule has 2 aliphatic rings. The van der Waals surface area contributed by atoms with E-state index in [0.29, 0.717) is 32.7 Å². The van der Waals surface area contributed by atoms with Crippen molar-refractivity contribution < 1.29 is 23.6 Å². The summed E-state index contributed by atoms with van der Waals surface area (Å²) in [5, 5.41) is 3.00. The van der Waals surface area contributed by atoms with Gasteiger partial charge in [0.05, 0.1) is 42.8 Å². The van der Waals surface area contributed by atoms with Crippen LogP contribution in [0.4, 0.5) is 0 Å². The maximum atomic E-state index is 12.9. The Balaban J connectivity index is 0.00000385. The third-order valence-corrected chi connectivity index (χ3v) is 6.61. The summed E-state index contributed by atoms with van der Waals surface area (Å²) < 4.78 is 17.7. The number of benzene rings is 1. The smallest absolute Gasteiger partial charge is 0.402 e. The minimum atomic E-state index is -0.938. The highest BCUT2D eigenvalue weighted by atomic mass is 35.5. The predicted molar refractivity (Wildman–Crippen MR) is 130 cm³/mol. The number of hydrogen-bond donors (Lipinski definition) is 2. The van der Waals surface area contributed by atoms with Gasteiger partial charge in [-0.2, -0.15) is 0 Å². The fraction of sp³-hybridized carbons (Fsp3) is 0.652. The predicted octanol–water partition coefficient (Wildman–Crippen LogP) is 1.73. The van der Waals surface area contributed by atoms with Crippen LogP contribution in [0.5, 0.6) is 0 Å². The number of amides is 2. The van der Waals surface area contributed by atoms with Crippen molar-refractivity contribution in [3.05, 3.63) is 35.9 Å². The van der Waals surface area contributed by atoms with Gasteiger partial charge in [0.1, 0.15) is 0 Å². The zero-order chi connectivity index (χ0) is 23.4. The first-order valence-corrected chi connectivity index (χ1v) is 11.4. The molecule has 10 heteroatoms. The third-order valence-electron chi connectivity index (χ3n) is 6.61. The molecule has 3 N–H and O–H groups in total. The number of ether oxygens (including phenoxy) is 1. The molecule has 184 valence electrons. The van der Waals surface area contributed by atoms with E-state index in [9.17, 15) is 9.59 Å². The standard InChI is InChI=1S/C23H36BN3O5.ClH/c1-22(2)23(3,4)32-24(31-22)19(11-10-17-8-6-5-7-9-17)26-21(29)18(25)16-20(28)27-12-14-30-15-13-27;/h5-9,18-19H,10-16,25H2,1-4H3,(H,26,29);1H/t18-,19+;/m1./s1. The maximum Gasteiger partial charge on any atom is 0.481 e. The van der Waals surface area contributed by atoms with Crippen molar-refractivity contribution in [2.45, 2.75) is 70.1 Å². The Morgan fingerprint density at radius 3 is 2.24 bits per heavy atom. The number of hydrogen-bond acceptors (Lipinski definition) is 6. The van der Waals surface area contributed by atoms with Crippen LogP contribution in [-0.2, 0) is 30.1 Å². The van der Waals surface area contributed by atoms with Crippen molar-refractivity contribution in [3.8, 4) is 0 Å². The Hall–Kier alpha value is -1.65. The van der Waals surface area contributed by atoms with E-state index in [-0.39, 0.29) is 30.6 Å². The molecular formula is C23H37BClN3O5. The van der Waals surface area contributed by atoms with Gasteiger partial charge in [-0.25, -0.2) is 0 Å². The molecule has 0 radical (unpaired) electrons. The first-order chi connectivity index (χ1) is 15.1. The van der Waals surface area contributed by atoms with Crippen LogP contribution in [0.2, 0.25) is 0 Å². The van der Waals surface area contributed by atoms with Gasteiger partial charge in [-0.1, -0.05) is 30.3 Å². The lowest BCUT2D eigenvalue weighted by Crippen LogP contribution is -2.54. The summed E-state index contributed by atoms with van der Waals surface area (Å²) in [4.78, 5) is 27.1. The lowest BCUT2D eigenvalue weighted by molar-refractivity contribution is -0.137. The first kappa shape index (κ1) is 27.6. The molecule has 1 aromatic carbocycles. The van der Waals surface area contributed by atoms with Crippen molar-refractivity contribution >= 4 is 31.3 Å². The second-order valence-corrected chi connectivity index (χ2v) is 9.57. The summed E-state index contributed by atoms with van der Waals surface area (Å²) in [5.74, 6) is -0.903. The minimum absolute atomic E-state index is 0. The number of aryl methyl sites for hydroxylation is 1. The summed E-state index contributed by atoms with van der Waals surface area (Å²) >= 11 is 0. The van der Waals surface area contributed by atoms with Crippen LogP contribution in [0, 0.1) is 0 Å². The van der Waals surface area contributed by atoms with Crippen molar-refractivity contribution in [3.63, 3.8) is 0 Å². The van der Waals surface area contributed by atoms with Crippen molar-refractivity contribution in [1.82, 2.24) is 10.2 Å². The Labute approximate surface area is 203 Å². The normalized spacial score (nSPS) is 21.1. The molecule has 2 aliphatic heterocycles. The van der Waals surface area contributed by atoms with Crippen LogP contribution in [0.25, 0.3) is 0 Å². The van der Waals surface area contributed by atoms with E-state index >= 15 is 0 Å². The van der Waals surface area contributed by atoms with Gasteiger partial charge < -0.3 is 30.0 Å². The van der Waals surface area contributed by atoms with Crippen LogP contribution >= 0.6 is 12.4 Å². The molecule has 0 aromatic heterocycles. The van der Waals surface area contributed by atoms with Crippen LogP contribution in [-0.4, -0.2) is 73.3 Å². The van der Waals surface area contributed by atoms with Crippen LogP contribution < -0.4 is 11.1 Å². The number of nitrogens with one attached hydrogen (secondary N) is 1. The summed E-state index contributed by atoms with van der Waals surface area (Å²) in [6.07, 6.45) is 1.33. The number of carbonyl (C=O) groups is 2. The molecule has 2 saturated heterocycles. The van der Waals surface area contributed by atoms with Gasteiger partial charge in [-0.15, -0.1) is 12.4 Å². The minimum Gasteiger partial charge on any atom is -0.402 e. The van der Waals surface area contributed by atoms with Crippen molar-refractivity contribution in [2.75, 3.05) is 26.3 Å². The molecule has 0 spiro atoms. The fourth-order valence-corrected chi connectivity index (χ4v) is 3.81. The van der Waals surface area contributed by atoms with Crippen LogP contribution in [0.15, 0.2) is 30.3 Å². The van der Waals surface area contributed by atoms with Gasteiger partial charge in [0.2, 0.25) is 11.8 Å². The Bertz CT molecular complexity index is 774. The highest BCUT2D eigenvalue weighted by Crippen LogP contribution is 2.38. The Kier molecular flexibility index (Phi) is 9.76.